The number of hydrogen-bond donors (Lipinski definition) is 1. The molecule has 0 radical (unpaired) electrons. The number of ether oxygens (including phenoxy) is 1. The van der Waals surface area contributed by atoms with Gasteiger partial charge in [0.05, 0.1) is 22.8 Å². The lowest BCUT2D eigenvalue weighted by molar-refractivity contribution is 0.415. The van der Waals surface area contributed by atoms with Crippen molar-refractivity contribution in [3.05, 3.63) is 80.4 Å². The van der Waals surface area contributed by atoms with Crippen molar-refractivity contribution in [1.29, 1.82) is 0 Å². The summed E-state index contributed by atoms with van der Waals surface area (Å²) in [5.41, 5.74) is 2.43. The van der Waals surface area contributed by atoms with Crippen LogP contribution in [0.1, 0.15) is 24.2 Å². The van der Waals surface area contributed by atoms with Gasteiger partial charge in [0.1, 0.15) is 22.5 Å². The maximum Gasteiger partial charge on any atom is 0.262 e. The molecule has 1 aliphatic rings. The van der Waals surface area contributed by atoms with Crippen LogP contribution in [-0.4, -0.2) is 32.4 Å². The van der Waals surface area contributed by atoms with Gasteiger partial charge >= 0.3 is 0 Å². The first-order chi connectivity index (χ1) is 15.1. The Bertz CT molecular complexity index is 1320. The smallest absolute Gasteiger partial charge is 0.262 e. The highest BCUT2D eigenvalue weighted by molar-refractivity contribution is 7.96. The normalized spacial score (nSPS) is 16.2. The van der Waals surface area contributed by atoms with Gasteiger partial charge in [0.15, 0.2) is 0 Å². The zero-order chi connectivity index (χ0) is 23.2. The number of aromatic nitrogens is 2. The minimum absolute atomic E-state index is 0.171. The van der Waals surface area contributed by atoms with E-state index in [0.29, 0.717) is 32.7 Å². The Morgan fingerprint density at radius 3 is 2.34 bits per heavy atom. The summed E-state index contributed by atoms with van der Waals surface area (Å²) < 4.78 is 36.9. The number of hydrogen-bond acceptors (Lipinski definition) is 5. The fraction of sp³-hybridized carbons (Fsp3) is 0.227. The predicted octanol–water partition coefficient (Wildman–Crippen LogP) is 5.22. The van der Waals surface area contributed by atoms with Crippen molar-refractivity contribution >= 4 is 44.7 Å². The van der Waals surface area contributed by atoms with E-state index in [9.17, 15) is 8.42 Å². The van der Waals surface area contributed by atoms with Crippen molar-refractivity contribution in [1.82, 2.24) is 9.78 Å². The van der Waals surface area contributed by atoms with Crippen molar-refractivity contribution < 1.29 is 13.2 Å². The minimum atomic E-state index is -3.98. The Morgan fingerprint density at radius 2 is 1.72 bits per heavy atom. The molecule has 168 valence electrons. The molecule has 0 fully saturated rings. The second kappa shape index (κ2) is 8.35. The highest BCUT2D eigenvalue weighted by atomic mass is 35.5. The van der Waals surface area contributed by atoms with Crippen LogP contribution in [0.4, 0.5) is 11.5 Å². The van der Waals surface area contributed by atoms with Gasteiger partial charge < -0.3 is 9.64 Å². The molecule has 0 spiro atoms. The molecule has 0 saturated heterocycles. The number of methoxy groups -OCH3 is 1. The summed E-state index contributed by atoms with van der Waals surface area (Å²) in [5.74, 6) is 1.41. The number of benzene rings is 2. The average Bonchev–Trinajstić information content (AvgIpc) is 3.14. The van der Waals surface area contributed by atoms with E-state index < -0.39 is 16.1 Å². The van der Waals surface area contributed by atoms with Crippen LogP contribution in [-0.2, 0) is 10.0 Å². The van der Waals surface area contributed by atoms with Gasteiger partial charge in [-0.2, -0.15) is 5.10 Å². The van der Waals surface area contributed by atoms with Gasteiger partial charge in [-0.05, 0) is 55.8 Å². The molecule has 10 heteroatoms. The molecular formula is C22H22Cl2N4O3S. The standard InChI is InChI=1S/C22H22Cl2N4O3S/c1-13-11-20-27(3)14(2)22(32(29,30)26-16-6-8-17(31-4)9-7-16)21(28(20)25-13)15-5-10-18(23)19(24)12-15/h5-12,21,26H,1-4H3. The Morgan fingerprint density at radius 1 is 1.03 bits per heavy atom. The van der Waals surface area contributed by atoms with Gasteiger partial charge in [0.25, 0.3) is 10.0 Å². The summed E-state index contributed by atoms with van der Waals surface area (Å²) in [6, 6.07) is 13.0. The first-order valence-electron chi connectivity index (χ1n) is 9.75. The molecule has 0 amide bonds. The summed E-state index contributed by atoms with van der Waals surface area (Å²) in [6.07, 6.45) is 0. The van der Waals surface area contributed by atoms with E-state index in [1.165, 1.54) is 0 Å². The summed E-state index contributed by atoms with van der Waals surface area (Å²) in [5, 5.41) is 5.32. The summed E-state index contributed by atoms with van der Waals surface area (Å²) in [7, 11) is -0.614. The maximum atomic E-state index is 13.7. The van der Waals surface area contributed by atoms with Gasteiger partial charge in [-0.15, -0.1) is 0 Å². The van der Waals surface area contributed by atoms with E-state index in [0.717, 1.165) is 11.5 Å². The number of rotatable bonds is 5. The first-order valence-corrected chi connectivity index (χ1v) is 12.0. The van der Waals surface area contributed by atoms with Crippen molar-refractivity contribution in [2.45, 2.75) is 19.9 Å². The van der Waals surface area contributed by atoms with Crippen LogP contribution in [0, 0.1) is 6.92 Å². The van der Waals surface area contributed by atoms with E-state index >= 15 is 0 Å². The molecule has 1 atom stereocenters. The molecule has 32 heavy (non-hydrogen) atoms. The monoisotopic (exact) mass is 492 g/mol. The number of nitrogens with one attached hydrogen (secondary N) is 1. The largest absolute Gasteiger partial charge is 0.497 e. The second-order valence-corrected chi connectivity index (χ2v) is 9.97. The van der Waals surface area contributed by atoms with Crippen LogP contribution in [0.3, 0.4) is 0 Å². The SMILES string of the molecule is COc1ccc(NS(=O)(=O)C2=C(C)N(C)c3cc(C)nn3C2c2ccc(Cl)c(Cl)c2)cc1. The van der Waals surface area contributed by atoms with Crippen molar-refractivity contribution in [3.63, 3.8) is 0 Å². The van der Waals surface area contributed by atoms with E-state index in [1.807, 2.05) is 24.9 Å². The Labute approximate surface area is 197 Å². The van der Waals surface area contributed by atoms with Gasteiger partial charge in [-0.25, -0.2) is 13.1 Å². The maximum absolute atomic E-state index is 13.7. The topological polar surface area (TPSA) is 76.5 Å². The van der Waals surface area contributed by atoms with Crippen LogP contribution < -0.4 is 14.4 Å². The Kier molecular flexibility index (Phi) is 5.87. The molecule has 0 bridgehead atoms. The number of sulfonamides is 1. The van der Waals surface area contributed by atoms with Crippen LogP contribution in [0.15, 0.2) is 59.1 Å². The lowest BCUT2D eigenvalue weighted by atomic mass is 10.0. The zero-order valence-electron chi connectivity index (χ0n) is 17.9. The van der Waals surface area contributed by atoms with Crippen molar-refractivity contribution in [2.24, 2.45) is 0 Å². The lowest BCUT2D eigenvalue weighted by Gasteiger charge is -2.35. The second-order valence-electron chi connectivity index (χ2n) is 7.51. The average molecular weight is 493 g/mol. The van der Waals surface area contributed by atoms with E-state index in [1.54, 1.807) is 61.2 Å². The van der Waals surface area contributed by atoms with Gasteiger partial charge in [0, 0.05) is 24.5 Å². The predicted molar refractivity (Wildman–Crippen MR) is 128 cm³/mol. The Hall–Kier alpha value is -2.68. The van der Waals surface area contributed by atoms with Crippen LogP contribution in [0.25, 0.3) is 0 Å². The Balaban J connectivity index is 1.87. The third-order valence-electron chi connectivity index (χ3n) is 5.43. The molecule has 0 aliphatic carbocycles. The highest BCUT2D eigenvalue weighted by Gasteiger charge is 2.39. The number of anilines is 2. The molecule has 2 heterocycles. The van der Waals surface area contributed by atoms with Gasteiger partial charge in [-0.1, -0.05) is 29.3 Å². The highest BCUT2D eigenvalue weighted by Crippen LogP contribution is 2.42. The number of aryl methyl sites for hydroxylation is 1. The molecule has 2 aromatic carbocycles. The van der Waals surface area contributed by atoms with Gasteiger partial charge in [0.2, 0.25) is 0 Å². The third-order valence-corrected chi connectivity index (χ3v) is 7.77. The number of allylic oxidation sites excluding steroid dienone is 2. The first kappa shape index (κ1) is 22.5. The van der Waals surface area contributed by atoms with Crippen molar-refractivity contribution in [2.75, 3.05) is 23.8 Å². The third kappa shape index (κ3) is 3.94. The molecule has 7 nitrogen and oxygen atoms in total. The summed E-state index contributed by atoms with van der Waals surface area (Å²) >= 11 is 12.4. The molecule has 4 rings (SSSR count). The van der Waals surface area contributed by atoms with E-state index in [-0.39, 0.29) is 4.91 Å². The quantitative estimate of drug-likeness (QED) is 0.528. The molecular weight excluding hydrogens is 471 g/mol. The number of fused-ring (bicyclic) bond motifs is 1. The molecule has 0 saturated carbocycles. The minimum Gasteiger partial charge on any atom is -0.497 e. The number of nitrogens with zero attached hydrogens (tertiary/aromatic N) is 3. The number of halogens is 2. The summed E-state index contributed by atoms with van der Waals surface area (Å²) in [4.78, 5) is 1.99. The fourth-order valence-electron chi connectivity index (χ4n) is 3.78. The molecule has 1 aliphatic heterocycles. The molecule has 1 N–H and O–H groups in total. The molecule has 3 aromatic rings. The van der Waals surface area contributed by atoms with Gasteiger partial charge in [-0.3, -0.25) is 4.72 Å². The summed E-state index contributed by atoms with van der Waals surface area (Å²) in [6.45, 7) is 3.64. The molecule has 1 unspecified atom stereocenters. The lowest BCUT2D eigenvalue weighted by Crippen LogP contribution is -2.35. The fourth-order valence-corrected chi connectivity index (χ4v) is 5.69. The van der Waals surface area contributed by atoms with Crippen LogP contribution in [0.5, 0.6) is 5.75 Å². The van der Waals surface area contributed by atoms with Crippen LogP contribution >= 0.6 is 23.2 Å². The van der Waals surface area contributed by atoms with Crippen LogP contribution in [0.2, 0.25) is 10.0 Å². The molecule has 1 aromatic heterocycles. The van der Waals surface area contributed by atoms with E-state index in [4.69, 9.17) is 27.9 Å². The zero-order valence-corrected chi connectivity index (χ0v) is 20.3. The van der Waals surface area contributed by atoms with E-state index in [2.05, 4.69) is 9.82 Å². The van der Waals surface area contributed by atoms with Crippen molar-refractivity contribution in [3.8, 4) is 5.75 Å².